The largest absolute Gasteiger partial charge is 0.394 e. The Morgan fingerprint density at radius 2 is 1.75 bits per heavy atom. The Bertz CT molecular complexity index is 69.4. The molecule has 0 aliphatic carbocycles. The molecule has 0 aromatic carbocycles. The summed E-state index contributed by atoms with van der Waals surface area (Å²) in [5.74, 6) is 0. The summed E-state index contributed by atoms with van der Waals surface area (Å²) in [6.45, 7) is -0.545. The molecule has 0 aliphatic heterocycles. The number of alkyl halides is 3. The number of hydrogen-bond acceptors (Lipinski definition) is 2. The van der Waals surface area contributed by atoms with Gasteiger partial charge in [0.25, 0.3) is 0 Å². The van der Waals surface area contributed by atoms with Crippen molar-refractivity contribution in [2.75, 3.05) is 6.61 Å². The molecule has 2 nitrogen and oxygen atoms in total. The van der Waals surface area contributed by atoms with Gasteiger partial charge in [-0.1, -0.05) is 34.8 Å². The van der Waals surface area contributed by atoms with E-state index in [0.717, 1.165) is 0 Å². The van der Waals surface area contributed by atoms with E-state index in [-0.39, 0.29) is 0 Å². The van der Waals surface area contributed by atoms with Crippen molar-refractivity contribution in [2.24, 2.45) is 0 Å². The topological polar surface area (TPSA) is 40.5 Å². The van der Waals surface area contributed by atoms with Gasteiger partial charge in [-0.05, 0) is 0 Å². The summed E-state index contributed by atoms with van der Waals surface area (Å²) < 4.78 is -1.77. The smallest absolute Gasteiger partial charge is 0.218 e. The highest BCUT2D eigenvalue weighted by Gasteiger charge is 2.29. The zero-order valence-electron chi connectivity index (χ0n) is 3.81. The Morgan fingerprint density at radius 1 is 1.38 bits per heavy atom. The first-order valence-corrected chi connectivity index (χ1v) is 2.97. The number of rotatable bonds is 1. The third kappa shape index (κ3) is 2.95. The number of hydrogen-bond donors (Lipinski definition) is 2. The van der Waals surface area contributed by atoms with Gasteiger partial charge in [-0.25, -0.2) is 0 Å². The molecule has 0 aromatic heterocycles. The van der Waals surface area contributed by atoms with Gasteiger partial charge in [0.2, 0.25) is 3.79 Å². The maximum atomic E-state index is 8.55. The van der Waals surface area contributed by atoms with Gasteiger partial charge in [0.15, 0.2) is 0 Å². The van der Waals surface area contributed by atoms with Gasteiger partial charge in [0, 0.05) is 0 Å². The zero-order chi connectivity index (χ0) is 6.78. The van der Waals surface area contributed by atoms with Crippen LogP contribution in [-0.2, 0) is 0 Å². The summed E-state index contributed by atoms with van der Waals surface area (Å²) in [6, 6.07) is 0. The van der Waals surface area contributed by atoms with Crippen molar-refractivity contribution in [3.05, 3.63) is 0 Å². The molecule has 0 radical (unpaired) electrons. The molecule has 0 bridgehead atoms. The van der Waals surface area contributed by atoms with Crippen molar-refractivity contribution in [3.8, 4) is 0 Å². The molecule has 1 unspecified atom stereocenters. The maximum Gasteiger partial charge on any atom is 0.218 e. The third-order valence-electron chi connectivity index (χ3n) is 0.551. The Kier molecular flexibility index (Phi) is 3.39. The lowest BCUT2D eigenvalue weighted by Crippen LogP contribution is -2.28. The van der Waals surface area contributed by atoms with Gasteiger partial charge >= 0.3 is 0 Å². The highest BCUT2D eigenvalue weighted by atomic mass is 35.6. The number of halogens is 3. The first-order valence-electron chi connectivity index (χ1n) is 1.84. The van der Waals surface area contributed by atoms with Crippen molar-refractivity contribution < 1.29 is 10.2 Å². The minimum Gasteiger partial charge on any atom is -0.394 e. The Balaban J connectivity index is 3.62. The van der Waals surface area contributed by atoms with E-state index in [4.69, 9.17) is 45.0 Å². The van der Waals surface area contributed by atoms with Gasteiger partial charge in [0.1, 0.15) is 6.10 Å². The first kappa shape index (κ1) is 8.79. The fourth-order valence-corrected chi connectivity index (χ4v) is 0.311. The second kappa shape index (κ2) is 3.08. The van der Waals surface area contributed by atoms with Crippen LogP contribution >= 0.6 is 34.8 Å². The van der Waals surface area contributed by atoms with E-state index in [0.29, 0.717) is 0 Å². The van der Waals surface area contributed by atoms with Crippen LogP contribution < -0.4 is 0 Å². The molecule has 2 N–H and O–H groups in total. The summed E-state index contributed by atoms with van der Waals surface area (Å²) in [7, 11) is 0. The molecule has 0 fully saturated rings. The maximum absolute atomic E-state index is 8.55. The Hall–Kier alpha value is 0.790. The molecule has 0 heterocycles. The summed E-state index contributed by atoms with van der Waals surface area (Å²) in [5.41, 5.74) is 0. The summed E-state index contributed by atoms with van der Waals surface area (Å²) in [4.78, 5) is 0. The lowest BCUT2D eigenvalue weighted by molar-refractivity contribution is 0.0982. The van der Waals surface area contributed by atoms with Crippen LogP contribution in [0.25, 0.3) is 0 Å². The van der Waals surface area contributed by atoms with E-state index >= 15 is 0 Å². The zero-order valence-corrected chi connectivity index (χ0v) is 6.08. The van der Waals surface area contributed by atoms with Crippen molar-refractivity contribution in [1.29, 1.82) is 0 Å². The monoisotopic (exact) mass is 178 g/mol. The number of aliphatic hydroxyl groups excluding tert-OH is 2. The molecule has 0 aliphatic rings. The molecular formula is C3H5Cl3O2. The average molecular weight is 179 g/mol. The van der Waals surface area contributed by atoms with Crippen molar-refractivity contribution in [1.82, 2.24) is 0 Å². The van der Waals surface area contributed by atoms with Crippen LogP contribution in [0, 0.1) is 0 Å². The predicted octanol–water partition coefficient (Wildman–Crippen LogP) is 0.710. The van der Waals surface area contributed by atoms with E-state index in [9.17, 15) is 0 Å². The molecule has 0 amide bonds. The molecule has 0 rings (SSSR count). The number of aliphatic hydroxyl groups is 2. The summed E-state index contributed by atoms with van der Waals surface area (Å²) in [6.07, 6.45) is -1.30. The Morgan fingerprint density at radius 3 is 1.75 bits per heavy atom. The molecule has 5 heteroatoms. The van der Waals surface area contributed by atoms with E-state index in [1.165, 1.54) is 0 Å². The molecule has 1 atom stereocenters. The van der Waals surface area contributed by atoms with Gasteiger partial charge in [0.05, 0.1) is 6.61 Å². The molecule has 0 spiro atoms. The lowest BCUT2D eigenvalue weighted by atomic mass is 10.4. The predicted molar refractivity (Wildman–Crippen MR) is 33.4 cm³/mol. The van der Waals surface area contributed by atoms with Gasteiger partial charge in [-0.3, -0.25) is 0 Å². The fourth-order valence-electron chi connectivity index (χ4n) is 0.104. The standard InChI is InChI=1S/C3H5Cl3O2/c4-3(5,6)2(8)1-7/h2,7-8H,1H2. The molecule has 8 heavy (non-hydrogen) atoms. The van der Waals surface area contributed by atoms with Crippen LogP contribution in [0.5, 0.6) is 0 Å². The highest BCUT2D eigenvalue weighted by Crippen LogP contribution is 2.29. The van der Waals surface area contributed by atoms with Crippen LogP contribution in [0.2, 0.25) is 0 Å². The van der Waals surface area contributed by atoms with Crippen LogP contribution in [-0.4, -0.2) is 26.7 Å². The third-order valence-corrected chi connectivity index (χ3v) is 1.31. The lowest BCUT2D eigenvalue weighted by Gasteiger charge is -2.15. The quantitative estimate of drug-likeness (QED) is 0.582. The summed E-state index contributed by atoms with van der Waals surface area (Å²) >= 11 is 15.3. The minimum absolute atomic E-state index is 0.545. The second-order valence-corrected chi connectivity index (χ2v) is 3.61. The van der Waals surface area contributed by atoms with E-state index < -0.39 is 16.5 Å². The van der Waals surface area contributed by atoms with Gasteiger partial charge in [-0.15, -0.1) is 0 Å². The van der Waals surface area contributed by atoms with Gasteiger partial charge < -0.3 is 10.2 Å². The van der Waals surface area contributed by atoms with E-state index in [2.05, 4.69) is 0 Å². The van der Waals surface area contributed by atoms with Gasteiger partial charge in [-0.2, -0.15) is 0 Å². The summed E-state index contributed by atoms with van der Waals surface area (Å²) in [5, 5.41) is 16.7. The van der Waals surface area contributed by atoms with Crippen LogP contribution in [0.15, 0.2) is 0 Å². The van der Waals surface area contributed by atoms with Crippen molar-refractivity contribution in [3.63, 3.8) is 0 Å². The normalized spacial score (nSPS) is 16.1. The molecule has 0 saturated carbocycles. The van der Waals surface area contributed by atoms with Crippen molar-refractivity contribution >= 4 is 34.8 Å². The molecule has 0 aromatic rings. The SMILES string of the molecule is OCC(O)C(Cl)(Cl)Cl. The Labute approximate surface area is 62.0 Å². The first-order chi connectivity index (χ1) is 3.48. The molecule has 50 valence electrons. The molecule has 0 saturated heterocycles. The fraction of sp³-hybridized carbons (Fsp3) is 1.00. The van der Waals surface area contributed by atoms with Crippen molar-refractivity contribution in [2.45, 2.75) is 9.90 Å². The second-order valence-electron chi connectivity index (χ2n) is 1.24. The average Bonchev–Trinajstić information content (AvgIpc) is 1.62. The van der Waals surface area contributed by atoms with Crippen LogP contribution in [0.4, 0.5) is 0 Å². The van der Waals surface area contributed by atoms with Crippen LogP contribution in [0.1, 0.15) is 0 Å². The van der Waals surface area contributed by atoms with E-state index in [1.807, 2.05) is 0 Å². The van der Waals surface area contributed by atoms with E-state index in [1.54, 1.807) is 0 Å². The molecular weight excluding hydrogens is 174 g/mol. The van der Waals surface area contributed by atoms with Crippen LogP contribution in [0.3, 0.4) is 0 Å². The highest BCUT2D eigenvalue weighted by molar-refractivity contribution is 6.68. The minimum atomic E-state index is -1.77.